The average Bonchev–Trinajstić information content (AvgIpc) is 2.45. The Labute approximate surface area is 110 Å². The van der Waals surface area contributed by atoms with Gasteiger partial charge in [-0.2, -0.15) is 4.98 Å². The summed E-state index contributed by atoms with van der Waals surface area (Å²) in [5.41, 5.74) is 2.14. The van der Waals surface area contributed by atoms with Crippen molar-refractivity contribution in [2.24, 2.45) is 5.84 Å². The van der Waals surface area contributed by atoms with Gasteiger partial charge in [0.1, 0.15) is 12.4 Å². The molecular weight excluding hydrogens is 252 g/mol. The lowest BCUT2D eigenvalue weighted by Crippen LogP contribution is -2.26. The molecule has 1 unspecified atom stereocenters. The van der Waals surface area contributed by atoms with Crippen molar-refractivity contribution in [1.82, 2.24) is 4.98 Å². The monoisotopic (exact) mass is 268 g/mol. The van der Waals surface area contributed by atoms with E-state index in [1.165, 1.54) is 12.1 Å². The molecule has 1 aromatic heterocycles. The smallest absolute Gasteiger partial charge is 0.331 e. The van der Waals surface area contributed by atoms with E-state index in [-0.39, 0.29) is 24.3 Å². The summed E-state index contributed by atoms with van der Waals surface area (Å²) >= 11 is 0. The molecule has 1 aromatic rings. The number of rotatable bonds is 5. The zero-order valence-corrected chi connectivity index (χ0v) is 10.4. The molecule has 0 spiro atoms. The van der Waals surface area contributed by atoms with Gasteiger partial charge in [-0.1, -0.05) is 0 Å². The molecule has 0 saturated carbocycles. The topological polar surface area (TPSA) is 113 Å². The van der Waals surface area contributed by atoms with E-state index in [1.54, 1.807) is 0 Å². The van der Waals surface area contributed by atoms with E-state index in [1.807, 2.05) is 0 Å². The predicted octanol–water partition coefficient (Wildman–Crippen LogP) is 1.22. The third-order valence-corrected chi connectivity index (χ3v) is 2.86. The van der Waals surface area contributed by atoms with Crippen molar-refractivity contribution in [3.05, 3.63) is 22.2 Å². The number of hydrogen-bond donors (Lipinski definition) is 2. The Morgan fingerprint density at radius 3 is 3.05 bits per heavy atom. The highest BCUT2D eigenvalue weighted by Gasteiger charge is 2.20. The number of hydrazine groups is 1. The quantitative estimate of drug-likeness (QED) is 0.469. The third kappa shape index (κ3) is 3.52. The van der Waals surface area contributed by atoms with Crippen molar-refractivity contribution in [2.45, 2.75) is 25.4 Å². The van der Waals surface area contributed by atoms with Crippen molar-refractivity contribution >= 4 is 11.5 Å². The molecule has 8 nitrogen and oxygen atoms in total. The van der Waals surface area contributed by atoms with Crippen LogP contribution in [0.3, 0.4) is 0 Å². The number of anilines is 1. The highest BCUT2D eigenvalue weighted by Crippen LogP contribution is 2.26. The molecule has 2 heterocycles. The van der Waals surface area contributed by atoms with Gasteiger partial charge in [0.15, 0.2) is 0 Å². The van der Waals surface area contributed by atoms with Gasteiger partial charge in [0.2, 0.25) is 0 Å². The van der Waals surface area contributed by atoms with E-state index in [9.17, 15) is 10.1 Å². The van der Waals surface area contributed by atoms with Gasteiger partial charge in [0.25, 0.3) is 5.88 Å². The van der Waals surface area contributed by atoms with Crippen LogP contribution < -0.4 is 16.0 Å². The van der Waals surface area contributed by atoms with Crippen LogP contribution in [0.4, 0.5) is 11.5 Å². The summed E-state index contributed by atoms with van der Waals surface area (Å²) in [4.78, 5) is 14.3. The Balaban J connectivity index is 2.06. The number of pyridine rings is 1. The maximum absolute atomic E-state index is 10.9. The molecule has 2 rings (SSSR count). The number of aromatic nitrogens is 1. The molecule has 8 heteroatoms. The average molecular weight is 268 g/mol. The number of nitrogens with two attached hydrogens (primary N) is 1. The second-order valence-electron chi connectivity index (χ2n) is 4.22. The van der Waals surface area contributed by atoms with Crippen LogP contribution in [0.5, 0.6) is 5.88 Å². The normalized spacial score (nSPS) is 18.9. The molecule has 0 bridgehead atoms. The van der Waals surface area contributed by atoms with E-state index in [2.05, 4.69) is 10.4 Å². The van der Waals surface area contributed by atoms with Crippen LogP contribution in [0.1, 0.15) is 19.3 Å². The van der Waals surface area contributed by atoms with E-state index < -0.39 is 4.92 Å². The van der Waals surface area contributed by atoms with Crippen LogP contribution in [0.15, 0.2) is 12.1 Å². The van der Waals surface area contributed by atoms with Crippen LogP contribution in [0, 0.1) is 10.1 Å². The number of hydrogen-bond acceptors (Lipinski definition) is 7. The fourth-order valence-corrected chi connectivity index (χ4v) is 1.87. The van der Waals surface area contributed by atoms with Crippen molar-refractivity contribution in [1.29, 1.82) is 0 Å². The van der Waals surface area contributed by atoms with Crippen LogP contribution in [0.25, 0.3) is 0 Å². The van der Waals surface area contributed by atoms with Crippen LogP contribution in [-0.4, -0.2) is 29.2 Å². The van der Waals surface area contributed by atoms with Crippen molar-refractivity contribution in [3.8, 4) is 5.88 Å². The van der Waals surface area contributed by atoms with Gasteiger partial charge < -0.3 is 14.9 Å². The summed E-state index contributed by atoms with van der Waals surface area (Å²) in [5, 5.41) is 10.9. The van der Waals surface area contributed by atoms with Gasteiger partial charge in [0.05, 0.1) is 11.0 Å². The lowest BCUT2D eigenvalue weighted by molar-refractivity contribution is -0.386. The molecule has 1 saturated heterocycles. The largest absolute Gasteiger partial charge is 0.470 e. The molecule has 0 radical (unpaired) electrons. The first kappa shape index (κ1) is 13.5. The van der Waals surface area contributed by atoms with Gasteiger partial charge in [-0.25, -0.2) is 5.84 Å². The molecular formula is C11H16N4O4. The fraction of sp³-hybridized carbons (Fsp3) is 0.545. The van der Waals surface area contributed by atoms with E-state index >= 15 is 0 Å². The predicted molar refractivity (Wildman–Crippen MR) is 67.8 cm³/mol. The molecule has 1 aliphatic rings. The maximum atomic E-state index is 10.9. The molecule has 1 atom stereocenters. The highest BCUT2D eigenvalue weighted by molar-refractivity contribution is 5.48. The van der Waals surface area contributed by atoms with Crippen molar-refractivity contribution in [3.63, 3.8) is 0 Å². The second-order valence-corrected chi connectivity index (χ2v) is 4.22. The van der Waals surface area contributed by atoms with Gasteiger partial charge in [-0.15, -0.1) is 0 Å². The number of nitrogens with one attached hydrogen (secondary N) is 1. The molecule has 1 fully saturated rings. The lowest BCUT2D eigenvalue weighted by atomic mass is 10.1. The number of nitro groups is 1. The number of nitrogen functional groups attached to an aromatic ring is 1. The highest BCUT2D eigenvalue weighted by atomic mass is 16.6. The standard InChI is InChI=1S/C11H16N4O4/c12-14-10-5-4-9(15(16)17)11(13-10)19-7-8-3-1-2-6-18-8/h4-5,8H,1-3,6-7,12H2,(H,13,14). The van der Waals surface area contributed by atoms with Gasteiger partial charge in [-0.3, -0.25) is 10.1 Å². The Morgan fingerprint density at radius 1 is 1.58 bits per heavy atom. The fourth-order valence-electron chi connectivity index (χ4n) is 1.87. The summed E-state index contributed by atoms with van der Waals surface area (Å²) in [6.07, 6.45) is 2.97. The first-order chi connectivity index (χ1) is 9.20. The summed E-state index contributed by atoms with van der Waals surface area (Å²) in [7, 11) is 0. The summed E-state index contributed by atoms with van der Waals surface area (Å²) in [6.45, 7) is 0.954. The molecule has 1 aliphatic heterocycles. The molecule has 0 amide bonds. The minimum absolute atomic E-state index is 0.0374. The minimum atomic E-state index is -0.537. The minimum Gasteiger partial charge on any atom is -0.470 e. The molecule has 0 aromatic carbocycles. The number of nitrogens with zero attached hydrogens (tertiary/aromatic N) is 2. The van der Waals surface area contributed by atoms with E-state index in [0.717, 1.165) is 19.3 Å². The van der Waals surface area contributed by atoms with Gasteiger partial charge in [-0.05, 0) is 25.3 Å². The molecule has 19 heavy (non-hydrogen) atoms. The maximum Gasteiger partial charge on any atom is 0.331 e. The third-order valence-electron chi connectivity index (χ3n) is 2.86. The second kappa shape index (κ2) is 6.30. The Bertz CT molecular complexity index is 448. The van der Waals surface area contributed by atoms with Crippen LogP contribution >= 0.6 is 0 Å². The van der Waals surface area contributed by atoms with Gasteiger partial charge in [0, 0.05) is 12.7 Å². The van der Waals surface area contributed by atoms with E-state index in [4.69, 9.17) is 15.3 Å². The number of ether oxygens (including phenoxy) is 2. The first-order valence-corrected chi connectivity index (χ1v) is 6.07. The molecule has 3 N–H and O–H groups in total. The van der Waals surface area contributed by atoms with Crippen LogP contribution in [-0.2, 0) is 4.74 Å². The van der Waals surface area contributed by atoms with Crippen LogP contribution in [0.2, 0.25) is 0 Å². The zero-order valence-electron chi connectivity index (χ0n) is 10.4. The lowest BCUT2D eigenvalue weighted by Gasteiger charge is -2.22. The summed E-state index contributed by atoms with van der Waals surface area (Å²) in [6, 6.07) is 2.72. The molecule has 104 valence electrons. The van der Waals surface area contributed by atoms with E-state index in [0.29, 0.717) is 12.4 Å². The Kier molecular flexibility index (Phi) is 4.48. The summed E-state index contributed by atoms with van der Waals surface area (Å²) in [5.74, 6) is 5.48. The molecule has 0 aliphatic carbocycles. The van der Waals surface area contributed by atoms with Crippen molar-refractivity contribution in [2.75, 3.05) is 18.6 Å². The SMILES string of the molecule is NNc1ccc([N+](=O)[O-])c(OCC2CCCCO2)n1. The Morgan fingerprint density at radius 2 is 2.42 bits per heavy atom. The first-order valence-electron chi connectivity index (χ1n) is 6.07. The zero-order chi connectivity index (χ0) is 13.7. The summed E-state index contributed by atoms with van der Waals surface area (Å²) < 4.78 is 10.9. The Hall–Kier alpha value is -1.93. The van der Waals surface area contributed by atoms with Crippen molar-refractivity contribution < 1.29 is 14.4 Å². The van der Waals surface area contributed by atoms with Gasteiger partial charge >= 0.3 is 5.69 Å².